The highest BCUT2D eigenvalue weighted by Gasteiger charge is 2.40. The molecule has 3 heterocycles. The van der Waals surface area contributed by atoms with Crippen LogP contribution in [-0.2, 0) is 15.0 Å². The molecule has 1 atom stereocenters. The Labute approximate surface area is 236 Å². The van der Waals surface area contributed by atoms with Gasteiger partial charge < -0.3 is 5.32 Å². The van der Waals surface area contributed by atoms with E-state index in [1.165, 1.54) is 24.3 Å². The van der Waals surface area contributed by atoms with Crippen LogP contribution in [0.5, 0.6) is 0 Å². The van der Waals surface area contributed by atoms with E-state index in [4.69, 9.17) is 5.10 Å². The topological polar surface area (TPSA) is 67.2 Å². The van der Waals surface area contributed by atoms with E-state index in [0.717, 1.165) is 33.6 Å². The molecule has 0 aliphatic carbocycles. The number of benzene rings is 2. The van der Waals surface area contributed by atoms with Crippen molar-refractivity contribution in [2.45, 2.75) is 45.3 Å². The first-order valence-corrected chi connectivity index (χ1v) is 14.7. The maximum Gasteiger partial charge on any atom is 0.244 e. The molecule has 2 aromatic heterocycles. The first-order valence-electron chi connectivity index (χ1n) is 12.7. The van der Waals surface area contributed by atoms with E-state index < -0.39 is 0 Å². The Bertz CT molecular complexity index is 1520. The summed E-state index contributed by atoms with van der Waals surface area (Å²) in [6.07, 6.45) is 0. The number of hydrogen-bond donors (Lipinski definition) is 1. The number of thiophene rings is 1. The van der Waals surface area contributed by atoms with Crippen LogP contribution in [0.3, 0.4) is 0 Å². The van der Waals surface area contributed by atoms with Gasteiger partial charge in [-0.2, -0.15) is 16.4 Å². The molecule has 39 heavy (non-hydrogen) atoms. The van der Waals surface area contributed by atoms with Crippen LogP contribution in [-0.4, -0.2) is 33.9 Å². The van der Waals surface area contributed by atoms with Crippen molar-refractivity contribution in [1.82, 2.24) is 9.78 Å². The van der Waals surface area contributed by atoms with Crippen molar-refractivity contribution in [1.29, 1.82) is 0 Å². The second-order valence-corrected chi connectivity index (χ2v) is 12.7. The number of amides is 2. The van der Waals surface area contributed by atoms with Gasteiger partial charge >= 0.3 is 0 Å². The Morgan fingerprint density at radius 3 is 2.51 bits per heavy atom. The number of hydrogen-bond acceptors (Lipinski definition) is 5. The molecule has 0 radical (unpaired) electrons. The first kappa shape index (κ1) is 27.1. The normalized spacial score (nSPS) is 15.7. The third-order valence-electron chi connectivity index (χ3n) is 6.66. The number of aryl methyl sites for hydroxylation is 2. The van der Waals surface area contributed by atoms with Gasteiger partial charge in [0.25, 0.3) is 0 Å². The summed E-state index contributed by atoms with van der Waals surface area (Å²) in [5.74, 6) is -0.0865. The quantitative estimate of drug-likeness (QED) is 0.291. The number of carbonyl (C=O) groups excluding carboxylic acids is 2. The Morgan fingerprint density at radius 1 is 1.13 bits per heavy atom. The van der Waals surface area contributed by atoms with E-state index in [0.29, 0.717) is 11.5 Å². The third kappa shape index (κ3) is 5.51. The monoisotopic (exact) mass is 562 g/mol. The molecule has 5 rings (SSSR count). The molecule has 202 valence electrons. The maximum absolute atomic E-state index is 13.7. The Hall–Kier alpha value is -3.43. The van der Waals surface area contributed by atoms with Gasteiger partial charge in [0.1, 0.15) is 18.2 Å². The van der Waals surface area contributed by atoms with Gasteiger partial charge in [-0.3, -0.25) is 14.5 Å². The number of fused-ring (bicyclic) bond motifs is 1. The lowest BCUT2D eigenvalue weighted by Gasteiger charge is -2.24. The number of thioether (sulfide) groups is 1. The summed E-state index contributed by atoms with van der Waals surface area (Å²) < 4.78 is 15.2. The molecule has 0 spiro atoms. The Balaban J connectivity index is 1.69. The van der Waals surface area contributed by atoms with Crippen LogP contribution in [0.4, 0.5) is 15.9 Å². The fraction of sp³-hybridized carbons (Fsp3) is 0.300. The number of rotatable bonds is 5. The fourth-order valence-corrected chi connectivity index (χ4v) is 6.81. The lowest BCUT2D eigenvalue weighted by molar-refractivity contribution is -0.120. The zero-order valence-electron chi connectivity index (χ0n) is 22.6. The number of halogens is 1. The molecule has 0 fully saturated rings. The van der Waals surface area contributed by atoms with Gasteiger partial charge in [-0.05, 0) is 72.1 Å². The summed E-state index contributed by atoms with van der Waals surface area (Å²) in [4.78, 5) is 28.6. The van der Waals surface area contributed by atoms with Gasteiger partial charge in [-0.25, -0.2) is 9.07 Å². The molecular formula is C30H31FN4O2S2. The molecular weight excluding hydrogens is 531 g/mol. The molecule has 1 unspecified atom stereocenters. The molecule has 0 bridgehead atoms. The molecule has 1 aliphatic heterocycles. The Morgan fingerprint density at radius 2 is 1.87 bits per heavy atom. The van der Waals surface area contributed by atoms with Gasteiger partial charge in [0.15, 0.2) is 0 Å². The third-order valence-corrected chi connectivity index (χ3v) is 8.61. The predicted octanol–water partition coefficient (Wildman–Crippen LogP) is 6.80. The van der Waals surface area contributed by atoms with Crippen LogP contribution in [0.1, 0.15) is 54.0 Å². The van der Waals surface area contributed by atoms with E-state index >= 15 is 0 Å². The van der Waals surface area contributed by atoms with E-state index in [1.807, 2.05) is 36.0 Å². The number of carbonyl (C=O) groups is 2. The molecule has 2 amide bonds. The standard InChI is InChI=1S/C30H31FN4O2S2/c1-18-6-11-23(19(2)14-18)35-29-26(28(33-35)30(3,4)5)27(20-12-13-38-16-20)39-17-25(37)34(29)15-24(36)32-22-9-7-21(31)8-10-22/h6-14,16,27H,15,17H2,1-5H3,(H,32,36). The second-order valence-electron chi connectivity index (χ2n) is 10.8. The van der Waals surface area contributed by atoms with Crippen molar-refractivity contribution in [2.24, 2.45) is 0 Å². The number of nitrogens with zero attached hydrogens (tertiary/aromatic N) is 3. The van der Waals surface area contributed by atoms with Gasteiger partial charge in [0.2, 0.25) is 11.8 Å². The van der Waals surface area contributed by atoms with Gasteiger partial charge in [0, 0.05) is 16.7 Å². The second kappa shape index (κ2) is 10.6. The molecule has 4 aromatic rings. The summed E-state index contributed by atoms with van der Waals surface area (Å²) in [6.45, 7) is 10.2. The number of aromatic nitrogens is 2. The summed E-state index contributed by atoms with van der Waals surface area (Å²) >= 11 is 3.18. The van der Waals surface area contributed by atoms with Crippen LogP contribution in [0.2, 0.25) is 0 Å². The van der Waals surface area contributed by atoms with Crippen molar-refractivity contribution in [3.8, 4) is 5.69 Å². The van der Waals surface area contributed by atoms with Crippen molar-refractivity contribution in [2.75, 3.05) is 22.5 Å². The van der Waals surface area contributed by atoms with Crippen LogP contribution in [0.15, 0.2) is 59.3 Å². The average molecular weight is 563 g/mol. The molecule has 0 saturated carbocycles. The smallest absolute Gasteiger partial charge is 0.244 e. The van der Waals surface area contributed by atoms with E-state index in [1.54, 1.807) is 28.0 Å². The zero-order valence-corrected chi connectivity index (χ0v) is 24.3. The molecule has 1 aliphatic rings. The molecule has 9 heteroatoms. The molecule has 0 saturated heterocycles. The van der Waals surface area contributed by atoms with Crippen LogP contribution >= 0.6 is 23.1 Å². The molecule has 1 N–H and O–H groups in total. The summed E-state index contributed by atoms with van der Waals surface area (Å²) in [7, 11) is 0. The SMILES string of the molecule is Cc1ccc(-n2nc(C(C)(C)C)c3c2N(CC(=O)Nc2ccc(F)cc2)C(=O)CSC3c2ccsc2)c(C)c1. The Kier molecular flexibility index (Phi) is 7.39. The summed E-state index contributed by atoms with van der Waals surface area (Å²) in [6, 6.07) is 13.8. The van der Waals surface area contributed by atoms with Crippen molar-refractivity contribution >= 4 is 46.4 Å². The van der Waals surface area contributed by atoms with Crippen molar-refractivity contribution < 1.29 is 14.0 Å². The minimum atomic E-state index is -0.385. The van der Waals surface area contributed by atoms with E-state index in [2.05, 4.69) is 43.6 Å². The largest absolute Gasteiger partial charge is 0.325 e. The van der Waals surface area contributed by atoms with Crippen LogP contribution in [0.25, 0.3) is 5.69 Å². The zero-order chi connectivity index (χ0) is 27.9. The molecule has 2 aromatic carbocycles. The van der Waals surface area contributed by atoms with Gasteiger partial charge in [-0.15, -0.1) is 11.8 Å². The van der Waals surface area contributed by atoms with E-state index in [-0.39, 0.29) is 40.6 Å². The minimum Gasteiger partial charge on any atom is -0.325 e. The van der Waals surface area contributed by atoms with Gasteiger partial charge in [-0.1, -0.05) is 38.5 Å². The summed E-state index contributed by atoms with van der Waals surface area (Å²) in [5, 5.41) is 12.0. The lowest BCUT2D eigenvalue weighted by Crippen LogP contribution is -2.40. The minimum absolute atomic E-state index is 0.117. The molecule has 6 nitrogen and oxygen atoms in total. The lowest BCUT2D eigenvalue weighted by atomic mass is 9.87. The average Bonchev–Trinajstić information content (AvgIpc) is 3.51. The van der Waals surface area contributed by atoms with Crippen LogP contribution in [0, 0.1) is 19.7 Å². The number of nitrogens with one attached hydrogen (secondary N) is 1. The van der Waals surface area contributed by atoms with E-state index in [9.17, 15) is 14.0 Å². The predicted molar refractivity (Wildman–Crippen MR) is 158 cm³/mol. The fourth-order valence-electron chi connectivity index (χ4n) is 4.85. The van der Waals surface area contributed by atoms with Crippen LogP contribution < -0.4 is 10.2 Å². The number of anilines is 2. The van der Waals surface area contributed by atoms with Gasteiger partial charge in [0.05, 0.1) is 22.4 Å². The highest BCUT2D eigenvalue weighted by molar-refractivity contribution is 8.00. The maximum atomic E-state index is 13.7. The summed E-state index contributed by atoms with van der Waals surface area (Å²) in [5.41, 5.74) is 6.11. The first-order chi connectivity index (χ1) is 18.5. The highest BCUT2D eigenvalue weighted by atomic mass is 32.2. The highest BCUT2D eigenvalue weighted by Crippen LogP contribution is 2.49. The van der Waals surface area contributed by atoms with Crippen molar-refractivity contribution in [3.63, 3.8) is 0 Å². The van der Waals surface area contributed by atoms with Crippen molar-refractivity contribution in [3.05, 3.63) is 93.1 Å².